The lowest BCUT2D eigenvalue weighted by Crippen LogP contribution is -2.18. The van der Waals surface area contributed by atoms with Crippen LogP contribution in [0.4, 0.5) is 0 Å². The van der Waals surface area contributed by atoms with Gasteiger partial charge in [-0.25, -0.2) is 9.78 Å². The molecule has 3 heterocycles. The van der Waals surface area contributed by atoms with Gasteiger partial charge in [0.15, 0.2) is 11.5 Å². The van der Waals surface area contributed by atoms with Gasteiger partial charge in [0.05, 0.1) is 29.1 Å². The minimum atomic E-state index is -4.45. The molecule has 0 fully saturated rings. The van der Waals surface area contributed by atoms with Gasteiger partial charge in [-0.1, -0.05) is 30.3 Å². The maximum Gasteiger partial charge on any atom is 0.356 e. The molecular formula is C22H16N3O6P. The predicted molar refractivity (Wildman–Crippen MR) is 119 cm³/mol. The number of hydrogen-bond donors (Lipinski definition) is 3. The Labute approximate surface area is 180 Å². The number of rotatable bonds is 3. The Morgan fingerprint density at radius 3 is 2.66 bits per heavy atom. The summed E-state index contributed by atoms with van der Waals surface area (Å²) < 4.78 is 24.6. The lowest BCUT2D eigenvalue weighted by molar-refractivity contribution is 0.174. The molecule has 2 aromatic heterocycles. The minimum absolute atomic E-state index is 0.0366. The van der Waals surface area contributed by atoms with E-state index in [0.717, 1.165) is 10.9 Å². The third kappa shape index (κ3) is 2.76. The Balaban J connectivity index is 1.59. The molecule has 9 nitrogen and oxygen atoms in total. The van der Waals surface area contributed by atoms with Crippen LogP contribution in [0.2, 0.25) is 0 Å². The maximum absolute atomic E-state index is 12.9. The normalized spacial score (nSPS) is 13.4. The Morgan fingerprint density at radius 1 is 1.03 bits per heavy atom. The van der Waals surface area contributed by atoms with E-state index in [-0.39, 0.29) is 24.3 Å². The highest BCUT2D eigenvalue weighted by Crippen LogP contribution is 2.40. The topological polar surface area (TPSA) is 127 Å². The molecule has 0 atom stereocenters. The van der Waals surface area contributed by atoms with Gasteiger partial charge in [0, 0.05) is 5.39 Å². The highest BCUT2D eigenvalue weighted by atomic mass is 31.2. The second kappa shape index (κ2) is 6.67. The van der Waals surface area contributed by atoms with Crippen molar-refractivity contribution in [3.8, 4) is 11.5 Å². The lowest BCUT2D eigenvalue weighted by atomic mass is 10.0. The summed E-state index contributed by atoms with van der Waals surface area (Å²) in [5.41, 5.74) is 2.29. The van der Waals surface area contributed by atoms with Crippen molar-refractivity contribution in [1.82, 2.24) is 14.5 Å². The molecule has 0 aliphatic carbocycles. The number of ether oxygens (including phenoxy) is 2. The van der Waals surface area contributed by atoms with E-state index in [2.05, 4.69) is 9.97 Å². The molecule has 10 heteroatoms. The van der Waals surface area contributed by atoms with E-state index in [1.54, 1.807) is 47.2 Å². The van der Waals surface area contributed by atoms with Gasteiger partial charge in [-0.2, -0.15) is 0 Å². The van der Waals surface area contributed by atoms with Gasteiger partial charge >= 0.3 is 13.3 Å². The SMILES string of the molecule is O=c1[nH]c2cnc3c4c(ccc3c2n1Cc1ccc(P(=O)(O)O)c2ccccc12)OCO4. The monoisotopic (exact) mass is 449 g/mol. The highest BCUT2D eigenvalue weighted by Gasteiger charge is 2.23. The first-order chi connectivity index (χ1) is 15.4. The fraction of sp³-hybridized carbons (Fsp3) is 0.0909. The van der Waals surface area contributed by atoms with E-state index in [1.807, 2.05) is 6.07 Å². The number of fused-ring (bicyclic) bond motifs is 6. The first-order valence-corrected chi connectivity index (χ1v) is 11.4. The molecule has 5 aromatic rings. The average Bonchev–Trinajstić information content (AvgIpc) is 3.37. The third-order valence-corrected chi connectivity index (χ3v) is 6.75. The van der Waals surface area contributed by atoms with E-state index in [9.17, 15) is 19.1 Å². The molecule has 1 aliphatic heterocycles. The summed E-state index contributed by atoms with van der Waals surface area (Å²) in [6.07, 6.45) is 1.59. The fourth-order valence-corrected chi connectivity index (χ4v) is 5.11. The Kier molecular flexibility index (Phi) is 3.98. The summed E-state index contributed by atoms with van der Waals surface area (Å²) >= 11 is 0. The molecule has 3 aromatic carbocycles. The van der Waals surface area contributed by atoms with E-state index >= 15 is 0 Å². The fourth-order valence-electron chi connectivity index (χ4n) is 4.34. The zero-order chi connectivity index (χ0) is 22.0. The standard InChI is InChI=1S/C22H16N3O6P/c26-22-24-16-9-23-19-15(6-7-17-21(19)31-11-30-17)20(16)25(22)10-12-5-8-18(32(27,28)29)14-4-2-1-3-13(12)14/h1-9H,10-11H2,(H,24,26)(H2,27,28,29). The van der Waals surface area contributed by atoms with E-state index in [0.29, 0.717) is 38.8 Å². The van der Waals surface area contributed by atoms with E-state index < -0.39 is 7.60 Å². The van der Waals surface area contributed by atoms with Crippen LogP contribution in [0.3, 0.4) is 0 Å². The second-order valence-electron chi connectivity index (χ2n) is 7.57. The highest BCUT2D eigenvalue weighted by molar-refractivity contribution is 7.60. The number of benzene rings is 3. The van der Waals surface area contributed by atoms with Crippen molar-refractivity contribution in [3.63, 3.8) is 0 Å². The minimum Gasteiger partial charge on any atom is -0.454 e. The Morgan fingerprint density at radius 2 is 1.84 bits per heavy atom. The van der Waals surface area contributed by atoms with Crippen molar-refractivity contribution in [3.05, 3.63) is 70.8 Å². The van der Waals surface area contributed by atoms with Crippen molar-refractivity contribution in [2.75, 3.05) is 6.79 Å². The molecule has 32 heavy (non-hydrogen) atoms. The molecule has 0 saturated carbocycles. The van der Waals surface area contributed by atoms with Crippen molar-refractivity contribution in [2.45, 2.75) is 6.54 Å². The molecule has 160 valence electrons. The van der Waals surface area contributed by atoms with Crippen LogP contribution in [-0.4, -0.2) is 31.1 Å². The molecule has 3 N–H and O–H groups in total. The third-order valence-electron chi connectivity index (χ3n) is 5.74. The number of imidazole rings is 1. The molecule has 0 saturated heterocycles. The van der Waals surface area contributed by atoms with Crippen molar-refractivity contribution >= 4 is 45.6 Å². The first-order valence-electron chi connectivity index (χ1n) is 9.78. The lowest BCUT2D eigenvalue weighted by Gasteiger charge is -2.13. The van der Waals surface area contributed by atoms with Crippen LogP contribution in [0.5, 0.6) is 11.5 Å². The van der Waals surface area contributed by atoms with Gasteiger partial charge in [-0.15, -0.1) is 0 Å². The van der Waals surface area contributed by atoms with Gasteiger partial charge in [-0.05, 0) is 34.5 Å². The number of hydrogen-bond acceptors (Lipinski definition) is 5. The van der Waals surface area contributed by atoms with Crippen LogP contribution >= 0.6 is 7.60 Å². The largest absolute Gasteiger partial charge is 0.454 e. The first kappa shape index (κ1) is 19.1. The van der Waals surface area contributed by atoms with Crippen LogP contribution in [0.1, 0.15) is 5.56 Å². The number of H-pyrrole nitrogens is 1. The summed E-state index contributed by atoms with van der Waals surface area (Å²) in [6, 6.07) is 13.7. The molecule has 6 rings (SSSR count). The molecule has 1 aliphatic rings. The van der Waals surface area contributed by atoms with E-state index in [4.69, 9.17) is 9.47 Å². The summed E-state index contributed by atoms with van der Waals surface area (Å²) in [5.74, 6) is 1.15. The number of nitrogens with one attached hydrogen (secondary N) is 1. The molecule has 0 bridgehead atoms. The smallest absolute Gasteiger partial charge is 0.356 e. The Bertz CT molecular complexity index is 1670. The van der Waals surface area contributed by atoms with Crippen LogP contribution in [0.25, 0.3) is 32.7 Å². The van der Waals surface area contributed by atoms with Crippen molar-refractivity contribution in [1.29, 1.82) is 0 Å². The summed E-state index contributed by atoms with van der Waals surface area (Å²) in [7, 11) is -4.45. The number of pyridine rings is 1. The van der Waals surface area contributed by atoms with Crippen LogP contribution in [-0.2, 0) is 11.1 Å². The molecule has 0 unspecified atom stereocenters. The summed E-state index contributed by atoms with van der Waals surface area (Å²) in [6.45, 7) is 0.320. The van der Waals surface area contributed by atoms with Crippen LogP contribution in [0, 0.1) is 0 Å². The quantitative estimate of drug-likeness (QED) is 0.362. The zero-order valence-corrected chi connectivity index (χ0v) is 17.4. The second-order valence-corrected chi connectivity index (χ2v) is 9.14. The van der Waals surface area contributed by atoms with Gasteiger partial charge in [0.25, 0.3) is 0 Å². The van der Waals surface area contributed by atoms with Crippen molar-refractivity contribution in [2.24, 2.45) is 0 Å². The van der Waals surface area contributed by atoms with Gasteiger partial charge in [0.1, 0.15) is 5.52 Å². The zero-order valence-electron chi connectivity index (χ0n) is 16.5. The van der Waals surface area contributed by atoms with Crippen LogP contribution < -0.4 is 20.5 Å². The molecule has 0 spiro atoms. The molecule has 0 radical (unpaired) electrons. The summed E-state index contributed by atoms with van der Waals surface area (Å²) in [4.78, 5) is 39.7. The Hall–Kier alpha value is -3.65. The average molecular weight is 449 g/mol. The van der Waals surface area contributed by atoms with E-state index in [1.165, 1.54) is 6.07 Å². The van der Waals surface area contributed by atoms with Gasteiger partial charge in [-0.3, -0.25) is 9.13 Å². The van der Waals surface area contributed by atoms with Gasteiger partial charge < -0.3 is 24.2 Å². The molecule has 0 amide bonds. The summed E-state index contributed by atoms with van der Waals surface area (Å²) in [5, 5.41) is 1.83. The van der Waals surface area contributed by atoms with Crippen LogP contribution in [0.15, 0.2) is 59.5 Å². The number of nitrogens with zero attached hydrogens (tertiary/aromatic N) is 2. The van der Waals surface area contributed by atoms with Crippen molar-refractivity contribution < 1.29 is 23.8 Å². The van der Waals surface area contributed by atoms with Gasteiger partial charge in [0.2, 0.25) is 6.79 Å². The molecular weight excluding hydrogens is 433 g/mol. The maximum atomic E-state index is 12.9. The number of aromatic nitrogens is 3. The predicted octanol–water partition coefficient (Wildman–Crippen LogP) is 2.61. The number of aromatic amines is 1.